The van der Waals surface area contributed by atoms with Gasteiger partial charge in [-0.25, -0.2) is 0 Å². The monoisotopic (exact) mass is 409 g/mol. The van der Waals surface area contributed by atoms with E-state index < -0.39 is 0 Å². The molecule has 1 aliphatic carbocycles. The number of rotatable bonds is 2. The van der Waals surface area contributed by atoms with Crippen molar-refractivity contribution in [2.75, 3.05) is 0 Å². The molecule has 0 saturated carbocycles. The molecular formula is C21H25Cl2NTi. The van der Waals surface area contributed by atoms with Gasteiger partial charge in [-0.2, -0.15) is 17.5 Å². The predicted molar refractivity (Wildman–Crippen MR) is 111 cm³/mol. The molecule has 1 aliphatic rings. The predicted octanol–water partition coefficient (Wildman–Crippen LogP) is 7.59. The standard InChI is InChI=1S/C15H17.C6H6N.2ClH.Ti/c1-11(2)14-6-4-5-7-15(14)13-9-8-12(3)10-13;7-6-4-2-1-3-5-6;;;/h4-8,10H,9H2,1-3H3;1-5,7H;2*1H;/q2*-1;;;+2. The summed E-state index contributed by atoms with van der Waals surface area (Å²) in [6, 6.07) is 17.8. The van der Waals surface area contributed by atoms with Crippen LogP contribution in [0.2, 0.25) is 0 Å². The van der Waals surface area contributed by atoms with E-state index in [0.29, 0.717) is 5.69 Å². The molecule has 2 aromatic carbocycles. The zero-order valence-corrected chi connectivity index (χ0v) is 18.1. The van der Waals surface area contributed by atoms with Crippen molar-refractivity contribution in [1.29, 1.82) is 0 Å². The van der Waals surface area contributed by atoms with E-state index in [9.17, 15) is 0 Å². The number of halogens is 2. The molecule has 0 bridgehead atoms. The van der Waals surface area contributed by atoms with Crippen LogP contribution in [0, 0.1) is 5.92 Å². The van der Waals surface area contributed by atoms with Crippen molar-refractivity contribution < 1.29 is 21.7 Å². The van der Waals surface area contributed by atoms with E-state index in [1.807, 2.05) is 18.2 Å². The molecular weight excluding hydrogens is 385 g/mol. The summed E-state index contributed by atoms with van der Waals surface area (Å²) in [6.45, 7) is 6.52. The molecule has 0 atom stereocenters. The van der Waals surface area contributed by atoms with Gasteiger partial charge in [0, 0.05) is 0 Å². The zero-order chi connectivity index (χ0) is 15.9. The van der Waals surface area contributed by atoms with Crippen molar-refractivity contribution in [1.82, 2.24) is 0 Å². The number of hydrogen-bond donors (Lipinski definition) is 0. The van der Waals surface area contributed by atoms with Crippen molar-refractivity contribution in [2.45, 2.75) is 27.2 Å². The molecule has 132 valence electrons. The summed E-state index contributed by atoms with van der Waals surface area (Å²) >= 11 is 0. The molecule has 0 amide bonds. The zero-order valence-electron chi connectivity index (χ0n) is 14.9. The third-order valence-corrected chi connectivity index (χ3v) is 3.63. The van der Waals surface area contributed by atoms with E-state index in [1.165, 1.54) is 28.2 Å². The van der Waals surface area contributed by atoms with Crippen LogP contribution in [0.15, 0.2) is 72.3 Å². The van der Waals surface area contributed by atoms with Crippen LogP contribution in [0.3, 0.4) is 0 Å². The quantitative estimate of drug-likeness (QED) is 0.360. The van der Waals surface area contributed by atoms with Crippen molar-refractivity contribution in [3.05, 3.63) is 95.1 Å². The molecule has 0 saturated heterocycles. The fourth-order valence-electron chi connectivity index (χ4n) is 2.49. The van der Waals surface area contributed by atoms with Gasteiger partial charge >= 0.3 is 21.7 Å². The molecule has 4 heteroatoms. The molecule has 25 heavy (non-hydrogen) atoms. The van der Waals surface area contributed by atoms with Gasteiger partial charge in [-0.15, -0.1) is 48.2 Å². The molecule has 0 aliphatic heterocycles. The second-order valence-corrected chi connectivity index (χ2v) is 5.73. The van der Waals surface area contributed by atoms with Crippen LogP contribution in [-0.2, 0) is 21.7 Å². The third-order valence-electron chi connectivity index (χ3n) is 3.63. The Labute approximate surface area is 179 Å². The Kier molecular flexibility index (Phi) is 13.7. The topological polar surface area (TPSA) is 23.8 Å². The molecule has 0 aromatic heterocycles. The second-order valence-electron chi connectivity index (χ2n) is 5.73. The molecule has 0 fully saturated rings. The molecule has 0 unspecified atom stereocenters. The van der Waals surface area contributed by atoms with Crippen LogP contribution < -0.4 is 0 Å². The van der Waals surface area contributed by atoms with Gasteiger partial charge in [0.1, 0.15) is 0 Å². The summed E-state index contributed by atoms with van der Waals surface area (Å²) in [5.41, 5.74) is 13.2. The molecule has 0 spiro atoms. The summed E-state index contributed by atoms with van der Waals surface area (Å²) in [4.78, 5) is 0. The number of benzene rings is 2. The van der Waals surface area contributed by atoms with Gasteiger partial charge in [-0.3, -0.25) is 0 Å². The van der Waals surface area contributed by atoms with E-state index in [2.05, 4.69) is 57.2 Å². The van der Waals surface area contributed by atoms with Gasteiger partial charge < -0.3 is 5.73 Å². The first-order chi connectivity index (χ1) is 10.6. The van der Waals surface area contributed by atoms with Crippen LogP contribution in [-0.4, -0.2) is 0 Å². The second kappa shape index (κ2) is 13.1. The minimum absolute atomic E-state index is 0. The molecule has 1 nitrogen and oxygen atoms in total. The average Bonchev–Trinajstić information content (AvgIpc) is 2.95. The maximum Gasteiger partial charge on any atom is 2.00 e. The van der Waals surface area contributed by atoms with E-state index in [-0.39, 0.29) is 46.5 Å². The third kappa shape index (κ3) is 8.20. The van der Waals surface area contributed by atoms with E-state index in [4.69, 9.17) is 5.73 Å². The SMILES string of the molecule is CC1=CCC(c2ccccc2[C-](C)C)=C1.Cl.Cl.[NH-]c1ccccc1.[Ti+2]. The van der Waals surface area contributed by atoms with Crippen LogP contribution in [0.5, 0.6) is 0 Å². The molecule has 2 aromatic rings. The van der Waals surface area contributed by atoms with E-state index in [1.54, 1.807) is 12.1 Å². The van der Waals surface area contributed by atoms with Gasteiger partial charge in [0.25, 0.3) is 0 Å². The van der Waals surface area contributed by atoms with E-state index in [0.717, 1.165) is 6.42 Å². The van der Waals surface area contributed by atoms with Gasteiger partial charge in [-0.1, -0.05) is 73.5 Å². The average molecular weight is 410 g/mol. The van der Waals surface area contributed by atoms with Gasteiger partial charge in [0.2, 0.25) is 0 Å². The summed E-state index contributed by atoms with van der Waals surface area (Å²) in [5.74, 6) is 1.39. The number of allylic oxidation sites excluding steroid dienone is 4. The van der Waals surface area contributed by atoms with Crippen LogP contribution >= 0.6 is 24.8 Å². The first-order valence-corrected chi connectivity index (χ1v) is 7.62. The van der Waals surface area contributed by atoms with Gasteiger partial charge in [-0.05, 0) is 13.3 Å². The summed E-state index contributed by atoms with van der Waals surface area (Å²) < 4.78 is 0. The summed E-state index contributed by atoms with van der Waals surface area (Å²) in [5, 5.41) is 0. The minimum Gasteiger partial charge on any atom is -0.699 e. The fourth-order valence-corrected chi connectivity index (χ4v) is 2.49. The summed E-state index contributed by atoms with van der Waals surface area (Å²) in [6.07, 6.45) is 5.66. The van der Waals surface area contributed by atoms with Gasteiger partial charge in [0.15, 0.2) is 0 Å². The van der Waals surface area contributed by atoms with E-state index >= 15 is 0 Å². The van der Waals surface area contributed by atoms with Crippen molar-refractivity contribution in [3.63, 3.8) is 0 Å². The molecule has 3 rings (SSSR count). The van der Waals surface area contributed by atoms with Crippen LogP contribution in [0.1, 0.15) is 38.3 Å². The number of hydrogen-bond acceptors (Lipinski definition) is 0. The number of nitrogens with one attached hydrogen (secondary N) is 1. The van der Waals surface area contributed by atoms with Crippen molar-refractivity contribution >= 4 is 36.1 Å². The van der Waals surface area contributed by atoms with Gasteiger partial charge in [0.05, 0.1) is 0 Å². The van der Waals surface area contributed by atoms with Crippen molar-refractivity contribution in [2.24, 2.45) is 0 Å². The Morgan fingerprint density at radius 1 is 0.880 bits per heavy atom. The van der Waals surface area contributed by atoms with Crippen LogP contribution in [0.4, 0.5) is 5.69 Å². The normalized spacial score (nSPS) is 11.3. The Balaban J connectivity index is 0. The maximum absolute atomic E-state index is 7.00. The Hall–Kier alpha value is -1.12. The molecule has 0 radical (unpaired) electrons. The largest absolute Gasteiger partial charge is 2.00 e. The Bertz CT molecular complexity index is 679. The minimum atomic E-state index is 0. The maximum atomic E-state index is 7.00. The van der Waals surface area contributed by atoms with Crippen molar-refractivity contribution in [3.8, 4) is 0 Å². The molecule has 0 heterocycles. The van der Waals surface area contributed by atoms with Crippen LogP contribution in [0.25, 0.3) is 11.3 Å². The fraction of sp³-hybridized carbons (Fsp3) is 0.190. The first-order valence-electron chi connectivity index (χ1n) is 7.62. The Morgan fingerprint density at radius 3 is 1.88 bits per heavy atom. The first kappa shape index (κ1) is 26.1. The summed E-state index contributed by atoms with van der Waals surface area (Å²) in [7, 11) is 0. The smallest absolute Gasteiger partial charge is 0.699 e. The Morgan fingerprint density at radius 2 is 1.44 bits per heavy atom. The molecule has 1 N–H and O–H groups in total.